The molecular formula is C23H21N3O6. The van der Waals surface area contributed by atoms with E-state index in [1.807, 2.05) is 13.0 Å². The molecule has 9 heteroatoms. The largest absolute Gasteiger partial charge is 0.493 e. The number of furan rings is 1. The van der Waals surface area contributed by atoms with Crippen molar-refractivity contribution >= 4 is 18.3 Å². The average molecular weight is 435 g/mol. The van der Waals surface area contributed by atoms with Gasteiger partial charge in [-0.15, -0.1) is 0 Å². The number of hydrogen-bond donors (Lipinski definition) is 2. The second-order valence-electron chi connectivity index (χ2n) is 7.29. The number of nitro benzene ring substituents is 1. The Morgan fingerprint density at radius 3 is 2.62 bits per heavy atom. The number of aliphatic hydroxyl groups excluding tert-OH is 1. The minimum Gasteiger partial charge on any atom is -0.493 e. The number of nitro groups is 1. The van der Waals surface area contributed by atoms with Gasteiger partial charge in [-0.05, 0) is 55.7 Å². The van der Waals surface area contributed by atoms with Gasteiger partial charge in [-0.25, -0.2) is 0 Å². The normalized spacial score (nSPS) is 11.5. The molecule has 0 amide bonds. The number of rotatable bonds is 6. The lowest BCUT2D eigenvalue weighted by Crippen LogP contribution is -2.46. The van der Waals surface area contributed by atoms with Gasteiger partial charge in [0, 0.05) is 24.4 Å². The third-order valence-electron chi connectivity index (χ3n) is 5.22. The molecule has 2 heterocycles. The monoisotopic (exact) mass is 435 g/mol. The molecule has 0 fully saturated rings. The number of benzene rings is 1. The molecular weight excluding hydrogens is 414 g/mol. The molecule has 0 aliphatic rings. The van der Waals surface area contributed by atoms with Gasteiger partial charge in [-0.1, -0.05) is 6.58 Å². The van der Waals surface area contributed by atoms with Crippen LogP contribution in [0, 0.1) is 35.3 Å². The number of nitriles is 1. The van der Waals surface area contributed by atoms with Crippen LogP contribution in [-0.4, -0.2) is 26.3 Å². The maximum absolute atomic E-state index is 12.9. The number of aromatic nitrogens is 1. The van der Waals surface area contributed by atoms with Crippen molar-refractivity contribution in [1.29, 1.82) is 5.26 Å². The van der Waals surface area contributed by atoms with Crippen LogP contribution >= 0.6 is 0 Å². The highest BCUT2D eigenvalue weighted by molar-refractivity contribution is 5.72. The van der Waals surface area contributed by atoms with E-state index in [0.29, 0.717) is 5.56 Å². The van der Waals surface area contributed by atoms with E-state index in [2.05, 4.69) is 6.58 Å². The first kappa shape index (κ1) is 22.5. The summed E-state index contributed by atoms with van der Waals surface area (Å²) in [5.74, 6) is -0.0478. The second-order valence-corrected chi connectivity index (χ2v) is 7.29. The summed E-state index contributed by atoms with van der Waals surface area (Å²) in [6.45, 7) is 7.17. The van der Waals surface area contributed by atoms with Crippen molar-refractivity contribution in [2.75, 3.05) is 6.61 Å². The van der Waals surface area contributed by atoms with Gasteiger partial charge in [0.25, 0.3) is 11.2 Å². The molecule has 0 atom stereocenters. The van der Waals surface area contributed by atoms with Crippen LogP contribution in [0.4, 0.5) is 5.69 Å². The molecule has 0 spiro atoms. The summed E-state index contributed by atoms with van der Waals surface area (Å²) < 4.78 is 6.77. The van der Waals surface area contributed by atoms with Crippen molar-refractivity contribution in [1.82, 2.24) is 4.57 Å². The maximum Gasteiger partial charge on any atom is 0.280 e. The van der Waals surface area contributed by atoms with Gasteiger partial charge < -0.3 is 14.6 Å². The summed E-state index contributed by atoms with van der Waals surface area (Å²) in [5, 5.41) is 40.3. The molecule has 0 saturated carbocycles. The SMILES string of the molecule is C=c1c(C#N)c(O)n(CCCO)c(=O)c1=Cc1ccc(-c2cc(C)c(C)cc2[N+](=O)[O-])o1. The molecule has 1 aromatic carbocycles. The molecule has 3 rings (SSSR count). The van der Waals surface area contributed by atoms with E-state index in [0.717, 1.165) is 15.7 Å². The molecule has 0 aliphatic heterocycles. The Hall–Kier alpha value is -4.16. The summed E-state index contributed by atoms with van der Waals surface area (Å²) in [4.78, 5) is 23.9. The van der Waals surface area contributed by atoms with Gasteiger partial charge in [0.05, 0.1) is 15.7 Å². The van der Waals surface area contributed by atoms with E-state index < -0.39 is 16.4 Å². The summed E-state index contributed by atoms with van der Waals surface area (Å²) in [6, 6.07) is 8.08. The highest BCUT2D eigenvalue weighted by Gasteiger charge is 2.20. The smallest absolute Gasteiger partial charge is 0.280 e. The summed E-state index contributed by atoms with van der Waals surface area (Å²) >= 11 is 0. The van der Waals surface area contributed by atoms with Gasteiger partial charge in [0.2, 0.25) is 5.88 Å². The fraction of sp³-hybridized carbons (Fsp3) is 0.217. The third kappa shape index (κ3) is 4.04. The van der Waals surface area contributed by atoms with Gasteiger partial charge in [-0.3, -0.25) is 19.5 Å². The molecule has 0 bridgehead atoms. The lowest BCUT2D eigenvalue weighted by Gasteiger charge is -2.09. The number of aromatic hydroxyl groups is 1. The van der Waals surface area contributed by atoms with Crippen molar-refractivity contribution < 1.29 is 19.6 Å². The Bertz CT molecular complexity index is 1430. The molecule has 9 nitrogen and oxygen atoms in total. The van der Waals surface area contributed by atoms with Crippen molar-refractivity contribution in [3.8, 4) is 23.3 Å². The van der Waals surface area contributed by atoms with Gasteiger partial charge in [0.15, 0.2) is 0 Å². The predicted molar refractivity (Wildman–Crippen MR) is 117 cm³/mol. The van der Waals surface area contributed by atoms with Crippen LogP contribution < -0.4 is 16.0 Å². The highest BCUT2D eigenvalue weighted by atomic mass is 16.6. The first-order chi connectivity index (χ1) is 15.2. The average Bonchev–Trinajstić information content (AvgIpc) is 3.21. The molecule has 2 N–H and O–H groups in total. The quantitative estimate of drug-likeness (QED) is 0.444. The number of hydrogen-bond acceptors (Lipinski definition) is 7. The lowest BCUT2D eigenvalue weighted by atomic mass is 10.0. The van der Waals surface area contributed by atoms with Crippen molar-refractivity contribution in [3.05, 3.63) is 77.6 Å². The first-order valence-electron chi connectivity index (χ1n) is 9.72. The fourth-order valence-corrected chi connectivity index (χ4v) is 3.34. The molecule has 0 unspecified atom stereocenters. The summed E-state index contributed by atoms with van der Waals surface area (Å²) in [7, 11) is 0. The Kier molecular flexibility index (Phi) is 6.27. The van der Waals surface area contributed by atoms with E-state index in [4.69, 9.17) is 9.52 Å². The van der Waals surface area contributed by atoms with Crippen LogP contribution in [0.3, 0.4) is 0 Å². The second kappa shape index (κ2) is 8.91. The zero-order chi connectivity index (χ0) is 23.6. The zero-order valence-corrected chi connectivity index (χ0v) is 17.6. The minimum absolute atomic E-state index is 0.00914. The van der Waals surface area contributed by atoms with Gasteiger partial charge >= 0.3 is 0 Å². The van der Waals surface area contributed by atoms with E-state index >= 15 is 0 Å². The van der Waals surface area contributed by atoms with E-state index in [1.165, 1.54) is 12.1 Å². The summed E-state index contributed by atoms with van der Waals surface area (Å²) in [5.41, 5.74) is 1.07. The standard InChI is InChI=1S/C23H21N3O6/c1-13-9-18(20(26(30)31)10-14(13)2)21-6-5-16(32-21)11-17-15(3)19(12-24)23(29)25(22(17)28)7-4-8-27/h5-6,9-11,27,29H,3-4,7-8H2,1-2H3. The molecule has 0 aliphatic carbocycles. The molecule has 32 heavy (non-hydrogen) atoms. The van der Waals surface area contributed by atoms with E-state index in [1.54, 1.807) is 25.1 Å². The molecule has 2 aromatic heterocycles. The van der Waals surface area contributed by atoms with Crippen LogP contribution in [0.2, 0.25) is 0 Å². The van der Waals surface area contributed by atoms with Crippen LogP contribution in [0.1, 0.15) is 28.9 Å². The molecule has 164 valence electrons. The number of aryl methyl sites for hydroxylation is 2. The molecule has 0 saturated heterocycles. The van der Waals surface area contributed by atoms with Crippen molar-refractivity contribution in [2.45, 2.75) is 26.8 Å². The highest BCUT2D eigenvalue weighted by Crippen LogP contribution is 2.33. The number of nitrogens with zero attached hydrogens (tertiary/aromatic N) is 3. The zero-order valence-electron chi connectivity index (χ0n) is 17.6. The molecule has 0 radical (unpaired) electrons. The van der Waals surface area contributed by atoms with E-state index in [-0.39, 0.29) is 52.8 Å². The Morgan fingerprint density at radius 1 is 1.31 bits per heavy atom. The van der Waals surface area contributed by atoms with Crippen LogP contribution in [-0.2, 0) is 6.54 Å². The topological polar surface area (TPSA) is 143 Å². The van der Waals surface area contributed by atoms with Crippen LogP contribution in [0.5, 0.6) is 5.88 Å². The van der Waals surface area contributed by atoms with Crippen LogP contribution in [0.25, 0.3) is 24.0 Å². The summed E-state index contributed by atoms with van der Waals surface area (Å²) in [6.07, 6.45) is 1.58. The predicted octanol–water partition coefficient (Wildman–Crippen LogP) is 1.83. The van der Waals surface area contributed by atoms with Gasteiger partial charge in [-0.2, -0.15) is 5.26 Å². The maximum atomic E-state index is 12.9. The minimum atomic E-state index is -0.602. The number of aliphatic hydroxyl groups is 1. The first-order valence-corrected chi connectivity index (χ1v) is 9.72. The van der Waals surface area contributed by atoms with Crippen molar-refractivity contribution in [2.24, 2.45) is 0 Å². The van der Waals surface area contributed by atoms with Crippen molar-refractivity contribution in [3.63, 3.8) is 0 Å². The fourth-order valence-electron chi connectivity index (χ4n) is 3.34. The van der Waals surface area contributed by atoms with E-state index in [9.17, 15) is 25.3 Å². The Labute approximate surface area is 182 Å². The number of pyridine rings is 1. The van der Waals surface area contributed by atoms with Gasteiger partial charge in [0.1, 0.15) is 23.2 Å². The van der Waals surface area contributed by atoms with Crippen LogP contribution in [0.15, 0.2) is 33.5 Å². The lowest BCUT2D eigenvalue weighted by molar-refractivity contribution is -0.384. The third-order valence-corrected chi connectivity index (χ3v) is 5.22. The molecule has 3 aromatic rings. The Morgan fingerprint density at radius 2 is 2.00 bits per heavy atom. The Balaban J connectivity index is 2.21.